The van der Waals surface area contributed by atoms with Crippen molar-refractivity contribution < 1.29 is 0 Å². The van der Waals surface area contributed by atoms with Gasteiger partial charge in [-0.25, -0.2) is 0 Å². The number of benzene rings is 1. The van der Waals surface area contributed by atoms with E-state index in [1.54, 1.807) is 6.08 Å². The maximum atomic E-state index is 5.70. The van der Waals surface area contributed by atoms with Gasteiger partial charge < -0.3 is 5.73 Å². The first-order chi connectivity index (χ1) is 5.24. The summed E-state index contributed by atoms with van der Waals surface area (Å²) in [6.45, 7) is 3.62. The molecule has 0 aliphatic heterocycles. The lowest BCUT2D eigenvalue weighted by atomic mass is 10.1. The first kappa shape index (κ1) is 8.37. The van der Waals surface area contributed by atoms with Crippen molar-refractivity contribution in [1.82, 2.24) is 0 Å². The minimum atomic E-state index is -0.0658. The van der Waals surface area contributed by atoms with E-state index >= 15 is 0 Å². The quantitative estimate of drug-likeness (QED) is 0.509. The van der Waals surface area contributed by atoms with Gasteiger partial charge in [0.25, 0.3) is 0 Å². The predicted molar refractivity (Wildman–Crippen MR) is 50.8 cm³/mol. The molecule has 0 bridgehead atoms. The summed E-state index contributed by atoms with van der Waals surface area (Å²) in [4.78, 5) is 0.949. The molecular weight excluding hydrogens is 154 g/mol. The Morgan fingerprint density at radius 3 is 2.36 bits per heavy atom. The second-order valence-corrected chi connectivity index (χ2v) is 2.87. The van der Waals surface area contributed by atoms with Gasteiger partial charge in [0.05, 0.1) is 0 Å². The SMILES string of the molecule is C=C[C@H](N)c1ccc(S)cc1. The van der Waals surface area contributed by atoms with Gasteiger partial charge >= 0.3 is 0 Å². The monoisotopic (exact) mass is 165 g/mol. The van der Waals surface area contributed by atoms with Crippen molar-refractivity contribution in [3.05, 3.63) is 42.5 Å². The highest BCUT2D eigenvalue weighted by Gasteiger charge is 1.98. The molecule has 0 amide bonds. The van der Waals surface area contributed by atoms with Crippen LogP contribution in [0.3, 0.4) is 0 Å². The Balaban J connectivity index is 2.89. The summed E-state index contributed by atoms with van der Waals surface area (Å²) in [6, 6.07) is 7.68. The van der Waals surface area contributed by atoms with Crippen LogP contribution in [0.2, 0.25) is 0 Å². The summed E-state index contributed by atoms with van der Waals surface area (Å²) in [5.74, 6) is 0. The van der Waals surface area contributed by atoms with Gasteiger partial charge in [-0.2, -0.15) is 0 Å². The summed E-state index contributed by atoms with van der Waals surface area (Å²) in [7, 11) is 0. The third-order valence-corrected chi connectivity index (χ3v) is 1.83. The van der Waals surface area contributed by atoms with Crippen molar-refractivity contribution in [3.63, 3.8) is 0 Å². The van der Waals surface area contributed by atoms with E-state index in [0.29, 0.717) is 0 Å². The van der Waals surface area contributed by atoms with Crippen LogP contribution >= 0.6 is 12.6 Å². The fourth-order valence-electron chi connectivity index (χ4n) is 0.833. The molecule has 0 fully saturated rings. The van der Waals surface area contributed by atoms with E-state index in [-0.39, 0.29) is 6.04 Å². The van der Waals surface area contributed by atoms with Crippen molar-refractivity contribution in [2.75, 3.05) is 0 Å². The second kappa shape index (κ2) is 3.60. The number of hydrogen-bond acceptors (Lipinski definition) is 2. The Hall–Kier alpha value is -0.730. The molecular formula is C9H11NS. The molecule has 0 saturated carbocycles. The van der Waals surface area contributed by atoms with Crippen LogP contribution < -0.4 is 5.73 Å². The molecule has 0 saturated heterocycles. The van der Waals surface area contributed by atoms with Gasteiger partial charge in [0, 0.05) is 10.9 Å². The van der Waals surface area contributed by atoms with Crippen molar-refractivity contribution in [2.24, 2.45) is 5.73 Å². The Labute approximate surface area is 72.3 Å². The van der Waals surface area contributed by atoms with Gasteiger partial charge in [-0.15, -0.1) is 19.2 Å². The van der Waals surface area contributed by atoms with Crippen molar-refractivity contribution in [1.29, 1.82) is 0 Å². The van der Waals surface area contributed by atoms with Crippen molar-refractivity contribution in [3.8, 4) is 0 Å². The molecule has 0 aromatic heterocycles. The fraction of sp³-hybridized carbons (Fsp3) is 0.111. The molecule has 1 rings (SSSR count). The van der Waals surface area contributed by atoms with Crippen LogP contribution in [0.1, 0.15) is 11.6 Å². The second-order valence-electron chi connectivity index (χ2n) is 2.35. The molecule has 11 heavy (non-hydrogen) atoms. The molecule has 0 spiro atoms. The first-order valence-corrected chi connectivity index (χ1v) is 3.86. The standard InChI is InChI=1S/C9H11NS/c1-2-9(10)7-3-5-8(11)6-4-7/h2-6,9,11H,1,10H2/t9-/m0/s1. The van der Waals surface area contributed by atoms with Crippen LogP contribution in [0, 0.1) is 0 Å². The third kappa shape index (κ3) is 2.10. The minimum Gasteiger partial charge on any atom is -0.321 e. The highest BCUT2D eigenvalue weighted by atomic mass is 32.1. The van der Waals surface area contributed by atoms with E-state index in [4.69, 9.17) is 5.73 Å². The third-order valence-electron chi connectivity index (χ3n) is 1.53. The van der Waals surface area contributed by atoms with Gasteiger partial charge in [-0.05, 0) is 17.7 Å². The highest BCUT2D eigenvalue weighted by Crippen LogP contribution is 2.13. The zero-order valence-electron chi connectivity index (χ0n) is 6.20. The van der Waals surface area contributed by atoms with Gasteiger partial charge in [0.2, 0.25) is 0 Å². The highest BCUT2D eigenvalue weighted by molar-refractivity contribution is 7.80. The largest absolute Gasteiger partial charge is 0.321 e. The average Bonchev–Trinajstić information content (AvgIpc) is 2.05. The molecule has 0 aliphatic carbocycles. The average molecular weight is 165 g/mol. The van der Waals surface area contributed by atoms with Crippen LogP contribution in [-0.2, 0) is 0 Å². The topological polar surface area (TPSA) is 26.0 Å². The Morgan fingerprint density at radius 2 is 1.91 bits per heavy atom. The van der Waals surface area contributed by atoms with E-state index in [9.17, 15) is 0 Å². The maximum Gasteiger partial charge on any atom is 0.0478 e. The van der Waals surface area contributed by atoms with Crippen LogP contribution in [0.4, 0.5) is 0 Å². The van der Waals surface area contributed by atoms with Gasteiger partial charge in [0.1, 0.15) is 0 Å². The number of nitrogens with two attached hydrogens (primary N) is 1. The smallest absolute Gasteiger partial charge is 0.0478 e. The molecule has 58 valence electrons. The lowest BCUT2D eigenvalue weighted by Crippen LogP contribution is -2.05. The lowest BCUT2D eigenvalue weighted by Gasteiger charge is -2.05. The molecule has 2 N–H and O–H groups in total. The molecule has 0 aliphatic rings. The van der Waals surface area contributed by atoms with Crippen molar-refractivity contribution in [2.45, 2.75) is 10.9 Å². The van der Waals surface area contributed by atoms with Gasteiger partial charge in [0.15, 0.2) is 0 Å². The first-order valence-electron chi connectivity index (χ1n) is 3.41. The lowest BCUT2D eigenvalue weighted by molar-refractivity contribution is 0.912. The summed E-state index contributed by atoms with van der Waals surface area (Å²) < 4.78 is 0. The van der Waals surface area contributed by atoms with Crippen LogP contribution in [-0.4, -0.2) is 0 Å². The van der Waals surface area contributed by atoms with E-state index in [1.165, 1.54) is 0 Å². The summed E-state index contributed by atoms with van der Waals surface area (Å²) in [6.07, 6.45) is 1.72. The van der Waals surface area contributed by atoms with E-state index < -0.39 is 0 Å². The molecule has 0 radical (unpaired) electrons. The predicted octanol–water partition coefficient (Wildman–Crippen LogP) is 2.16. The number of hydrogen-bond donors (Lipinski definition) is 2. The zero-order chi connectivity index (χ0) is 8.27. The molecule has 1 aromatic carbocycles. The molecule has 0 unspecified atom stereocenters. The zero-order valence-corrected chi connectivity index (χ0v) is 7.09. The maximum absolute atomic E-state index is 5.70. The van der Waals surface area contributed by atoms with E-state index in [2.05, 4.69) is 19.2 Å². The normalized spacial score (nSPS) is 12.5. The molecule has 1 aromatic rings. The van der Waals surface area contributed by atoms with Crippen LogP contribution in [0.5, 0.6) is 0 Å². The van der Waals surface area contributed by atoms with Crippen molar-refractivity contribution >= 4 is 12.6 Å². The number of rotatable bonds is 2. The molecule has 2 heteroatoms. The van der Waals surface area contributed by atoms with E-state index in [1.807, 2.05) is 24.3 Å². The Kier molecular flexibility index (Phi) is 2.74. The van der Waals surface area contributed by atoms with Crippen LogP contribution in [0.25, 0.3) is 0 Å². The molecule has 1 nitrogen and oxygen atoms in total. The Morgan fingerprint density at radius 1 is 1.36 bits per heavy atom. The fourth-order valence-corrected chi connectivity index (χ4v) is 0.982. The summed E-state index contributed by atoms with van der Waals surface area (Å²) in [5.41, 5.74) is 6.77. The Bertz CT molecular complexity index is 240. The van der Waals surface area contributed by atoms with Gasteiger partial charge in [-0.1, -0.05) is 18.2 Å². The molecule has 1 atom stereocenters. The minimum absolute atomic E-state index is 0.0658. The van der Waals surface area contributed by atoms with Crippen LogP contribution in [0.15, 0.2) is 41.8 Å². The summed E-state index contributed by atoms with van der Waals surface area (Å²) >= 11 is 4.16. The molecule has 0 heterocycles. The van der Waals surface area contributed by atoms with E-state index in [0.717, 1.165) is 10.5 Å². The van der Waals surface area contributed by atoms with Gasteiger partial charge in [-0.3, -0.25) is 0 Å². The number of thiol groups is 1. The summed E-state index contributed by atoms with van der Waals surface area (Å²) in [5, 5.41) is 0.